The summed E-state index contributed by atoms with van der Waals surface area (Å²) in [6.45, 7) is 0.843. The van der Waals surface area contributed by atoms with Crippen LogP contribution in [0.4, 0.5) is 4.79 Å². The standard InChI is InChI=1S/C15H20N2O3/c1-17(8-13(18)10-6-7-10)15(19)16-12-9-20-14-5-3-2-4-11(12)14/h2-5,10,12-13,18H,6-9H2,1H3,(H,16,19). The molecule has 1 aliphatic heterocycles. The molecule has 1 aromatic rings. The third kappa shape index (κ3) is 2.72. The number of carbonyl (C=O) groups is 1. The lowest BCUT2D eigenvalue weighted by atomic mass is 10.1. The molecule has 0 radical (unpaired) electrons. The molecule has 0 saturated heterocycles. The summed E-state index contributed by atoms with van der Waals surface area (Å²) in [6.07, 6.45) is 1.74. The molecule has 2 atom stereocenters. The number of aliphatic hydroxyl groups is 1. The van der Waals surface area contributed by atoms with Crippen molar-refractivity contribution in [1.29, 1.82) is 0 Å². The zero-order valence-electron chi connectivity index (χ0n) is 11.6. The molecule has 0 aromatic heterocycles. The summed E-state index contributed by atoms with van der Waals surface area (Å²) >= 11 is 0. The largest absolute Gasteiger partial charge is 0.491 e. The number of benzene rings is 1. The van der Waals surface area contributed by atoms with Gasteiger partial charge in [-0.1, -0.05) is 18.2 Å². The number of carbonyl (C=O) groups excluding carboxylic acids is 1. The van der Waals surface area contributed by atoms with Crippen molar-refractivity contribution < 1.29 is 14.6 Å². The monoisotopic (exact) mass is 276 g/mol. The number of nitrogens with zero attached hydrogens (tertiary/aromatic N) is 1. The van der Waals surface area contributed by atoms with E-state index in [0.717, 1.165) is 24.2 Å². The molecule has 2 aliphatic rings. The first-order valence-electron chi connectivity index (χ1n) is 7.06. The third-order valence-electron chi connectivity index (χ3n) is 3.97. The maximum atomic E-state index is 12.1. The van der Waals surface area contributed by atoms with Crippen LogP contribution in [-0.4, -0.2) is 42.3 Å². The van der Waals surface area contributed by atoms with Crippen LogP contribution in [0.25, 0.3) is 0 Å². The number of fused-ring (bicyclic) bond motifs is 1. The number of amides is 2. The minimum atomic E-state index is -0.405. The third-order valence-corrected chi connectivity index (χ3v) is 3.97. The molecule has 108 valence electrons. The Morgan fingerprint density at radius 1 is 1.50 bits per heavy atom. The quantitative estimate of drug-likeness (QED) is 0.876. The van der Waals surface area contributed by atoms with Crippen LogP contribution in [-0.2, 0) is 0 Å². The van der Waals surface area contributed by atoms with Gasteiger partial charge in [0, 0.05) is 19.2 Å². The van der Waals surface area contributed by atoms with Crippen molar-refractivity contribution in [2.24, 2.45) is 5.92 Å². The predicted molar refractivity (Wildman–Crippen MR) is 74.6 cm³/mol. The van der Waals surface area contributed by atoms with E-state index in [9.17, 15) is 9.90 Å². The van der Waals surface area contributed by atoms with E-state index in [-0.39, 0.29) is 12.1 Å². The summed E-state index contributed by atoms with van der Waals surface area (Å²) in [6, 6.07) is 7.44. The van der Waals surface area contributed by atoms with Crippen molar-refractivity contribution >= 4 is 6.03 Å². The molecule has 2 amide bonds. The van der Waals surface area contributed by atoms with Crippen molar-refractivity contribution in [2.45, 2.75) is 25.0 Å². The van der Waals surface area contributed by atoms with Crippen LogP contribution in [0.2, 0.25) is 0 Å². The van der Waals surface area contributed by atoms with E-state index in [1.807, 2.05) is 24.3 Å². The minimum Gasteiger partial charge on any atom is -0.491 e. The highest BCUT2D eigenvalue weighted by atomic mass is 16.5. The highest BCUT2D eigenvalue weighted by Crippen LogP contribution is 2.33. The lowest BCUT2D eigenvalue weighted by Gasteiger charge is -2.23. The molecule has 20 heavy (non-hydrogen) atoms. The number of hydrogen-bond donors (Lipinski definition) is 2. The smallest absolute Gasteiger partial charge is 0.317 e. The number of para-hydroxylation sites is 1. The van der Waals surface area contributed by atoms with Crippen LogP contribution in [0.1, 0.15) is 24.4 Å². The Hall–Kier alpha value is -1.75. The van der Waals surface area contributed by atoms with Crippen LogP contribution >= 0.6 is 0 Å². The van der Waals surface area contributed by atoms with Gasteiger partial charge in [0.2, 0.25) is 0 Å². The molecular weight excluding hydrogens is 256 g/mol. The molecular formula is C15H20N2O3. The van der Waals surface area contributed by atoms with Crippen molar-refractivity contribution in [2.75, 3.05) is 20.2 Å². The molecule has 3 rings (SSSR count). The van der Waals surface area contributed by atoms with E-state index >= 15 is 0 Å². The zero-order valence-corrected chi connectivity index (χ0v) is 11.6. The van der Waals surface area contributed by atoms with Crippen molar-refractivity contribution in [3.63, 3.8) is 0 Å². The molecule has 0 bridgehead atoms. The van der Waals surface area contributed by atoms with Crippen LogP contribution < -0.4 is 10.1 Å². The second-order valence-corrected chi connectivity index (χ2v) is 5.64. The van der Waals surface area contributed by atoms with Gasteiger partial charge < -0.3 is 20.1 Å². The molecule has 2 N–H and O–H groups in total. The minimum absolute atomic E-state index is 0.112. The first-order valence-corrected chi connectivity index (χ1v) is 7.06. The topological polar surface area (TPSA) is 61.8 Å². The van der Waals surface area contributed by atoms with E-state index in [2.05, 4.69) is 5.32 Å². The number of hydrogen-bond acceptors (Lipinski definition) is 3. The number of nitrogens with one attached hydrogen (secondary N) is 1. The summed E-state index contributed by atoms with van der Waals surface area (Å²) in [5, 5.41) is 12.8. The summed E-state index contributed by atoms with van der Waals surface area (Å²) in [4.78, 5) is 13.7. The number of likely N-dealkylation sites (N-methyl/N-ethyl adjacent to an activating group) is 1. The van der Waals surface area contributed by atoms with Crippen LogP contribution in [0, 0.1) is 5.92 Å². The molecule has 0 spiro atoms. The Bertz CT molecular complexity index is 502. The molecule has 1 aliphatic carbocycles. The lowest BCUT2D eigenvalue weighted by Crippen LogP contribution is -2.43. The average molecular weight is 276 g/mol. The highest BCUT2D eigenvalue weighted by Gasteiger charge is 2.32. The zero-order chi connectivity index (χ0) is 14.1. The second-order valence-electron chi connectivity index (χ2n) is 5.64. The fraction of sp³-hybridized carbons (Fsp3) is 0.533. The normalized spacial score (nSPS) is 21.8. The van der Waals surface area contributed by atoms with E-state index in [1.54, 1.807) is 11.9 Å². The van der Waals surface area contributed by atoms with Gasteiger partial charge in [-0.05, 0) is 24.8 Å². The van der Waals surface area contributed by atoms with Gasteiger partial charge in [0.1, 0.15) is 12.4 Å². The Kier molecular flexibility index (Phi) is 3.53. The fourth-order valence-corrected chi connectivity index (χ4v) is 2.53. The molecule has 1 fully saturated rings. The SMILES string of the molecule is CN(CC(O)C1CC1)C(=O)NC1COc2ccccc21. The van der Waals surface area contributed by atoms with E-state index in [1.165, 1.54) is 0 Å². The summed E-state index contributed by atoms with van der Waals surface area (Å²) in [5.41, 5.74) is 1.01. The molecule has 1 aromatic carbocycles. The fourth-order valence-electron chi connectivity index (χ4n) is 2.53. The molecule has 5 heteroatoms. The van der Waals surface area contributed by atoms with Crippen molar-refractivity contribution in [1.82, 2.24) is 10.2 Å². The maximum absolute atomic E-state index is 12.1. The first-order chi connectivity index (χ1) is 9.65. The summed E-state index contributed by atoms with van der Waals surface area (Å²) in [5.74, 6) is 1.21. The van der Waals surface area contributed by atoms with Crippen molar-refractivity contribution in [3.8, 4) is 5.75 Å². The number of aliphatic hydroxyl groups excluding tert-OH is 1. The van der Waals surface area contributed by atoms with E-state index in [4.69, 9.17) is 4.74 Å². The molecule has 1 saturated carbocycles. The van der Waals surface area contributed by atoms with Gasteiger partial charge in [-0.25, -0.2) is 4.79 Å². The number of ether oxygens (including phenoxy) is 1. The number of urea groups is 1. The molecule has 1 heterocycles. The predicted octanol–water partition coefficient (Wildman–Crippen LogP) is 1.53. The Labute approximate surface area is 118 Å². The second kappa shape index (κ2) is 5.32. The molecule has 5 nitrogen and oxygen atoms in total. The van der Waals surface area contributed by atoms with Gasteiger partial charge in [0.05, 0.1) is 12.1 Å². The Morgan fingerprint density at radius 2 is 2.25 bits per heavy atom. The summed E-state index contributed by atoms with van der Waals surface area (Å²) < 4.78 is 5.54. The van der Waals surface area contributed by atoms with E-state index in [0.29, 0.717) is 19.1 Å². The van der Waals surface area contributed by atoms with Crippen molar-refractivity contribution in [3.05, 3.63) is 29.8 Å². The number of rotatable bonds is 4. The first kappa shape index (κ1) is 13.2. The van der Waals surface area contributed by atoms with Gasteiger partial charge in [-0.3, -0.25) is 0 Å². The Morgan fingerprint density at radius 3 is 3.00 bits per heavy atom. The summed E-state index contributed by atoms with van der Waals surface area (Å²) in [7, 11) is 1.71. The van der Waals surface area contributed by atoms with Crippen LogP contribution in [0.15, 0.2) is 24.3 Å². The Balaban J connectivity index is 1.56. The van der Waals surface area contributed by atoms with Gasteiger partial charge in [0.25, 0.3) is 0 Å². The average Bonchev–Trinajstić information content (AvgIpc) is 3.22. The molecule has 2 unspecified atom stereocenters. The van der Waals surface area contributed by atoms with Crippen LogP contribution in [0.3, 0.4) is 0 Å². The maximum Gasteiger partial charge on any atom is 0.317 e. The van der Waals surface area contributed by atoms with Gasteiger partial charge in [0.15, 0.2) is 0 Å². The van der Waals surface area contributed by atoms with Gasteiger partial charge in [-0.2, -0.15) is 0 Å². The van der Waals surface area contributed by atoms with Gasteiger partial charge in [-0.15, -0.1) is 0 Å². The van der Waals surface area contributed by atoms with Crippen LogP contribution in [0.5, 0.6) is 5.75 Å². The lowest BCUT2D eigenvalue weighted by molar-refractivity contribution is 0.112. The van der Waals surface area contributed by atoms with Gasteiger partial charge >= 0.3 is 6.03 Å². The van der Waals surface area contributed by atoms with E-state index < -0.39 is 6.10 Å². The highest BCUT2D eigenvalue weighted by molar-refractivity contribution is 5.74.